The van der Waals surface area contributed by atoms with Gasteiger partial charge in [0.05, 0.1) is 17.2 Å². The first-order chi connectivity index (χ1) is 8.00. The monoisotopic (exact) mass is 321 g/mol. The lowest BCUT2D eigenvalue weighted by Crippen LogP contribution is -2.30. The van der Waals surface area contributed by atoms with Crippen LogP contribution in [0.5, 0.6) is 0 Å². The average molecular weight is 323 g/mol. The third kappa shape index (κ3) is 2.65. The highest BCUT2D eigenvalue weighted by Crippen LogP contribution is 2.34. The highest BCUT2D eigenvalue weighted by atomic mass is 79.9. The third-order valence-electron chi connectivity index (χ3n) is 3.20. The minimum Gasteiger partial charge on any atom is -0.376 e. The van der Waals surface area contributed by atoms with Crippen molar-refractivity contribution in [2.24, 2.45) is 11.7 Å². The molecule has 1 heterocycles. The summed E-state index contributed by atoms with van der Waals surface area (Å²) in [5, 5.41) is 0.461. The van der Waals surface area contributed by atoms with E-state index in [9.17, 15) is 4.39 Å². The number of hydrogen-bond acceptors (Lipinski definition) is 2. The second kappa shape index (κ2) is 5.22. The number of rotatable bonds is 2. The van der Waals surface area contributed by atoms with Crippen molar-refractivity contribution in [1.82, 2.24) is 0 Å². The van der Waals surface area contributed by atoms with Crippen molar-refractivity contribution in [3.05, 3.63) is 33.0 Å². The number of hydrogen-bond donors (Lipinski definition) is 1. The number of ether oxygens (including phenoxy) is 1. The molecule has 2 rings (SSSR count). The normalized spacial score (nSPS) is 26.2. The van der Waals surface area contributed by atoms with Gasteiger partial charge in [-0.2, -0.15) is 0 Å². The van der Waals surface area contributed by atoms with Gasteiger partial charge in [-0.3, -0.25) is 0 Å². The Labute approximate surface area is 113 Å². The molecule has 1 saturated heterocycles. The first kappa shape index (κ1) is 13.3. The Balaban J connectivity index is 2.30. The zero-order valence-corrected chi connectivity index (χ0v) is 11.8. The van der Waals surface area contributed by atoms with Crippen LogP contribution >= 0.6 is 27.5 Å². The van der Waals surface area contributed by atoms with Gasteiger partial charge >= 0.3 is 0 Å². The fourth-order valence-corrected chi connectivity index (χ4v) is 2.63. The van der Waals surface area contributed by atoms with Crippen LogP contribution in [0, 0.1) is 11.7 Å². The molecule has 17 heavy (non-hydrogen) atoms. The van der Waals surface area contributed by atoms with Crippen molar-refractivity contribution in [1.29, 1.82) is 0 Å². The quantitative estimate of drug-likeness (QED) is 0.843. The summed E-state index contributed by atoms with van der Waals surface area (Å²) in [6.45, 7) is 2.75. The van der Waals surface area contributed by atoms with Crippen LogP contribution in [0.4, 0.5) is 4.39 Å². The lowest BCUT2D eigenvalue weighted by molar-refractivity contribution is 0.0715. The van der Waals surface area contributed by atoms with Gasteiger partial charge < -0.3 is 10.5 Å². The van der Waals surface area contributed by atoms with E-state index in [4.69, 9.17) is 22.1 Å². The van der Waals surface area contributed by atoms with Crippen molar-refractivity contribution in [3.8, 4) is 0 Å². The fraction of sp³-hybridized carbons (Fsp3) is 0.500. The van der Waals surface area contributed by atoms with Crippen LogP contribution in [0.2, 0.25) is 5.02 Å². The predicted octanol–water partition coefficient (Wildman–Crippen LogP) is 3.67. The molecule has 1 aliphatic heterocycles. The van der Waals surface area contributed by atoms with E-state index < -0.39 is 6.04 Å². The third-order valence-corrected chi connectivity index (χ3v) is 4.39. The Kier molecular flexibility index (Phi) is 4.08. The molecule has 0 radical (unpaired) electrons. The molecule has 1 aliphatic rings. The van der Waals surface area contributed by atoms with Crippen LogP contribution < -0.4 is 5.73 Å². The van der Waals surface area contributed by atoms with E-state index in [-0.39, 0.29) is 11.9 Å². The number of halogens is 3. The molecule has 1 aromatic rings. The lowest BCUT2D eigenvalue weighted by Gasteiger charge is -2.23. The zero-order chi connectivity index (χ0) is 12.6. The average Bonchev–Trinajstić information content (AvgIpc) is 2.69. The SMILES string of the molecule is CC1CCOC1C(N)c1cc(Cl)c(Br)cc1F. The molecule has 1 aromatic carbocycles. The molecular formula is C12H14BrClFNO. The van der Waals surface area contributed by atoms with Gasteiger partial charge in [-0.25, -0.2) is 4.39 Å². The van der Waals surface area contributed by atoms with Gasteiger partial charge in [-0.1, -0.05) is 18.5 Å². The van der Waals surface area contributed by atoms with Gasteiger partial charge in [0.1, 0.15) is 5.82 Å². The lowest BCUT2D eigenvalue weighted by atomic mass is 9.93. The van der Waals surface area contributed by atoms with Crippen LogP contribution in [0.3, 0.4) is 0 Å². The van der Waals surface area contributed by atoms with Crippen molar-refractivity contribution in [2.75, 3.05) is 6.61 Å². The molecule has 0 saturated carbocycles. The Morgan fingerprint density at radius 2 is 2.29 bits per heavy atom. The smallest absolute Gasteiger partial charge is 0.129 e. The van der Waals surface area contributed by atoms with Crippen LogP contribution in [-0.4, -0.2) is 12.7 Å². The minimum absolute atomic E-state index is 0.137. The maximum absolute atomic E-state index is 13.8. The van der Waals surface area contributed by atoms with Crippen LogP contribution in [0.1, 0.15) is 24.9 Å². The van der Waals surface area contributed by atoms with E-state index in [1.165, 1.54) is 6.07 Å². The standard InChI is InChI=1S/C12H14BrClFNO/c1-6-2-3-17-12(6)11(16)7-4-9(14)8(13)5-10(7)15/h4-6,11-12H,2-3,16H2,1H3. The summed E-state index contributed by atoms with van der Waals surface area (Å²) in [4.78, 5) is 0. The topological polar surface area (TPSA) is 35.2 Å². The van der Waals surface area contributed by atoms with Gasteiger partial charge in [-0.15, -0.1) is 0 Å². The summed E-state index contributed by atoms with van der Waals surface area (Å²) in [5.74, 6) is -0.0108. The van der Waals surface area contributed by atoms with Crippen molar-refractivity contribution in [3.63, 3.8) is 0 Å². The van der Waals surface area contributed by atoms with Gasteiger partial charge in [0.15, 0.2) is 0 Å². The van der Waals surface area contributed by atoms with Crippen molar-refractivity contribution in [2.45, 2.75) is 25.5 Å². The predicted molar refractivity (Wildman–Crippen MR) is 69.6 cm³/mol. The summed E-state index contributed by atoms with van der Waals surface area (Å²) >= 11 is 9.14. The maximum atomic E-state index is 13.8. The number of nitrogens with two attached hydrogens (primary N) is 1. The molecule has 2 N–H and O–H groups in total. The van der Waals surface area contributed by atoms with Crippen LogP contribution in [0.25, 0.3) is 0 Å². The van der Waals surface area contributed by atoms with Gasteiger partial charge in [0.2, 0.25) is 0 Å². The molecule has 5 heteroatoms. The Morgan fingerprint density at radius 1 is 1.59 bits per heavy atom. The summed E-state index contributed by atoms with van der Waals surface area (Å²) in [6, 6.07) is 2.44. The largest absolute Gasteiger partial charge is 0.376 e. The molecule has 0 aromatic heterocycles. The highest BCUT2D eigenvalue weighted by Gasteiger charge is 2.32. The zero-order valence-electron chi connectivity index (χ0n) is 9.42. The number of benzene rings is 1. The fourth-order valence-electron chi connectivity index (χ4n) is 2.15. The van der Waals surface area contributed by atoms with E-state index in [0.717, 1.165) is 6.42 Å². The molecule has 3 atom stereocenters. The van der Waals surface area contributed by atoms with Crippen molar-refractivity contribution >= 4 is 27.5 Å². The van der Waals surface area contributed by atoms with Crippen LogP contribution in [0.15, 0.2) is 16.6 Å². The Bertz CT molecular complexity index is 429. The molecule has 3 unspecified atom stereocenters. The Hall–Kier alpha value is -0.160. The van der Waals surface area contributed by atoms with E-state index in [2.05, 4.69) is 22.9 Å². The minimum atomic E-state index is -0.474. The van der Waals surface area contributed by atoms with Crippen LogP contribution in [-0.2, 0) is 4.74 Å². The highest BCUT2D eigenvalue weighted by molar-refractivity contribution is 9.10. The molecule has 2 nitrogen and oxygen atoms in total. The van der Waals surface area contributed by atoms with Crippen molar-refractivity contribution < 1.29 is 9.13 Å². The van der Waals surface area contributed by atoms with Gasteiger partial charge in [0, 0.05) is 16.6 Å². The molecule has 0 spiro atoms. The van der Waals surface area contributed by atoms with E-state index in [1.807, 2.05) is 0 Å². The molecule has 0 amide bonds. The van der Waals surface area contributed by atoms with Gasteiger partial charge in [-0.05, 0) is 40.4 Å². The summed E-state index contributed by atoms with van der Waals surface area (Å²) in [5.41, 5.74) is 6.49. The molecule has 1 fully saturated rings. The molecule has 0 aliphatic carbocycles. The van der Waals surface area contributed by atoms with E-state index in [1.54, 1.807) is 6.07 Å². The van der Waals surface area contributed by atoms with Gasteiger partial charge in [0.25, 0.3) is 0 Å². The maximum Gasteiger partial charge on any atom is 0.129 e. The second-order valence-electron chi connectivity index (χ2n) is 4.41. The molecule has 0 bridgehead atoms. The first-order valence-corrected chi connectivity index (χ1v) is 6.69. The molecular weight excluding hydrogens is 308 g/mol. The molecule has 94 valence electrons. The summed E-state index contributed by atoms with van der Waals surface area (Å²) in [7, 11) is 0. The van der Waals surface area contributed by atoms with E-state index in [0.29, 0.717) is 27.6 Å². The first-order valence-electron chi connectivity index (χ1n) is 5.52. The summed E-state index contributed by atoms with van der Waals surface area (Å²) < 4.78 is 19.9. The Morgan fingerprint density at radius 3 is 2.88 bits per heavy atom. The summed E-state index contributed by atoms with van der Waals surface area (Å²) in [6.07, 6.45) is 0.825. The van der Waals surface area contributed by atoms with E-state index >= 15 is 0 Å². The second-order valence-corrected chi connectivity index (χ2v) is 5.68.